The first-order valence-electron chi connectivity index (χ1n) is 8.71. The van der Waals surface area contributed by atoms with Crippen molar-refractivity contribution in [3.63, 3.8) is 0 Å². The minimum atomic E-state index is -0.0424. The van der Waals surface area contributed by atoms with Gasteiger partial charge in [0, 0.05) is 38.3 Å². The lowest BCUT2D eigenvalue weighted by Gasteiger charge is -2.26. The maximum absolute atomic E-state index is 6.08. The van der Waals surface area contributed by atoms with E-state index in [1.165, 1.54) is 43.9 Å². The number of likely N-dealkylation sites (tertiary alicyclic amines) is 1. The molecule has 0 N–H and O–H groups in total. The first kappa shape index (κ1) is 17.1. The van der Waals surface area contributed by atoms with Crippen LogP contribution in [0.15, 0.2) is 0 Å². The first-order chi connectivity index (χ1) is 11.3. The van der Waals surface area contributed by atoms with Crippen molar-refractivity contribution in [1.82, 2.24) is 14.3 Å². The summed E-state index contributed by atoms with van der Waals surface area (Å²) in [6, 6.07) is 0. The third-order valence-corrected chi connectivity index (χ3v) is 5.56. The number of methoxy groups -OCH3 is 1. The van der Waals surface area contributed by atoms with E-state index in [1.54, 1.807) is 7.11 Å². The van der Waals surface area contributed by atoms with Gasteiger partial charge in [0.25, 0.3) is 0 Å². The maximum Gasteiger partial charge on any atom is 0.205 e. The molecule has 7 heteroatoms. The Bertz CT molecular complexity index is 478. The summed E-state index contributed by atoms with van der Waals surface area (Å²) in [7, 11) is 1.69. The summed E-state index contributed by atoms with van der Waals surface area (Å²) in [4.78, 5) is 9.41. The average molecular weight is 340 g/mol. The third kappa shape index (κ3) is 4.62. The Labute approximate surface area is 142 Å². The fourth-order valence-electron chi connectivity index (χ4n) is 3.19. The molecule has 23 heavy (non-hydrogen) atoms. The van der Waals surface area contributed by atoms with E-state index in [0.29, 0.717) is 6.10 Å². The van der Waals surface area contributed by atoms with E-state index in [2.05, 4.69) is 19.2 Å². The van der Waals surface area contributed by atoms with Crippen LogP contribution in [0.5, 0.6) is 0 Å². The molecule has 0 spiro atoms. The summed E-state index contributed by atoms with van der Waals surface area (Å²) in [6.45, 7) is 8.31. The van der Waals surface area contributed by atoms with E-state index in [9.17, 15) is 0 Å². The maximum atomic E-state index is 6.08. The number of piperidine rings is 1. The minimum Gasteiger partial charge on any atom is -0.375 e. The summed E-state index contributed by atoms with van der Waals surface area (Å²) in [6.07, 6.45) is 5.44. The van der Waals surface area contributed by atoms with E-state index in [-0.39, 0.29) is 6.10 Å². The molecule has 2 atom stereocenters. The molecule has 130 valence electrons. The molecule has 0 bridgehead atoms. The van der Waals surface area contributed by atoms with Gasteiger partial charge in [0.1, 0.15) is 6.10 Å². The van der Waals surface area contributed by atoms with Gasteiger partial charge in [0.2, 0.25) is 5.13 Å². The number of anilines is 1. The van der Waals surface area contributed by atoms with Crippen molar-refractivity contribution in [2.75, 3.05) is 51.3 Å². The number of nitrogens with zero attached hydrogens (tertiary/aromatic N) is 4. The summed E-state index contributed by atoms with van der Waals surface area (Å²) < 4.78 is 15.8. The number of hydrogen-bond donors (Lipinski definition) is 0. The van der Waals surface area contributed by atoms with Crippen LogP contribution >= 0.6 is 11.5 Å². The molecule has 1 aromatic heterocycles. The molecule has 0 radical (unpaired) electrons. The Morgan fingerprint density at radius 2 is 2.09 bits per heavy atom. The SMILES string of the molecule is CO[C@H](C)c1nsc(N2CC[C@@H](OCCN3CCCCC3)C2)n1. The van der Waals surface area contributed by atoms with E-state index in [4.69, 9.17) is 9.47 Å². The van der Waals surface area contributed by atoms with Gasteiger partial charge >= 0.3 is 0 Å². The van der Waals surface area contributed by atoms with Crippen LogP contribution in [0.1, 0.15) is 44.5 Å². The van der Waals surface area contributed by atoms with Crippen LogP contribution in [-0.2, 0) is 9.47 Å². The summed E-state index contributed by atoms with van der Waals surface area (Å²) in [5, 5.41) is 0.992. The molecule has 0 aliphatic carbocycles. The Kier molecular flexibility index (Phi) is 6.21. The van der Waals surface area contributed by atoms with Gasteiger partial charge in [-0.25, -0.2) is 4.98 Å². The highest BCUT2D eigenvalue weighted by Crippen LogP contribution is 2.26. The van der Waals surface area contributed by atoms with Gasteiger partial charge in [0.15, 0.2) is 5.82 Å². The molecule has 1 aromatic rings. The highest BCUT2D eigenvalue weighted by molar-refractivity contribution is 7.09. The molecule has 6 nitrogen and oxygen atoms in total. The van der Waals surface area contributed by atoms with Crippen molar-refractivity contribution in [1.29, 1.82) is 0 Å². The van der Waals surface area contributed by atoms with Gasteiger partial charge in [-0.05, 0) is 39.3 Å². The van der Waals surface area contributed by atoms with Crippen LogP contribution in [0.2, 0.25) is 0 Å². The predicted octanol–water partition coefficient (Wildman–Crippen LogP) is 2.33. The molecule has 2 fully saturated rings. The van der Waals surface area contributed by atoms with Crippen LogP contribution in [0, 0.1) is 0 Å². The molecule has 3 rings (SSSR count). The highest BCUT2D eigenvalue weighted by atomic mass is 32.1. The summed E-state index contributed by atoms with van der Waals surface area (Å²) >= 11 is 1.46. The lowest BCUT2D eigenvalue weighted by Crippen LogP contribution is -2.34. The molecule has 2 aliphatic heterocycles. The lowest BCUT2D eigenvalue weighted by molar-refractivity contribution is 0.0467. The molecule has 0 amide bonds. The third-order valence-electron chi connectivity index (χ3n) is 4.77. The standard InChI is InChI=1S/C16H28N4O2S/c1-13(21-2)15-17-16(23-18-15)20-9-6-14(12-20)22-11-10-19-7-4-3-5-8-19/h13-14H,3-12H2,1-2H3/t13-,14-/m1/s1. The fourth-order valence-corrected chi connectivity index (χ4v) is 3.97. The second-order valence-corrected chi connectivity index (χ2v) is 7.17. The molecule has 0 saturated carbocycles. The smallest absolute Gasteiger partial charge is 0.205 e. The molecule has 3 heterocycles. The van der Waals surface area contributed by atoms with E-state index < -0.39 is 0 Å². The van der Waals surface area contributed by atoms with Crippen LogP contribution in [0.4, 0.5) is 5.13 Å². The number of hydrogen-bond acceptors (Lipinski definition) is 7. The van der Waals surface area contributed by atoms with Crippen molar-refractivity contribution in [2.45, 2.75) is 44.8 Å². The Balaban J connectivity index is 1.40. The van der Waals surface area contributed by atoms with Gasteiger partial charge in [-0.3, -0.25) is 0 Å². The second kappa shape index (κ2) is 8.37. The second-order valence-electron chi connectivity index (χ2n) is 6.44. The monoisotopic (exact) mass is 340 g/mol. The Morgan fingerprint density at radius 1 is 1.26 bits per heavy atom. The van der Waals surface area contributed by atoms with Crippen LogP contribution in [0.25, 0.3) is 0 Å². The van der Waals surface area contributed by atoms with Gasteiger partial charge in [-0.1, -0.05) is 6.42 Å². The quantitative estimate of drug-likeness (QED) is 0.759. The van der Waals surface area contributed by atoms with Crippen molar-refractivity contribution in [2.24, 2.45) is 0 Å². The molecular weight excluding hydrogens is 312 g/mol. The number of aromatic nitrogens is 2. The molecule has 0 unspecified atom stereocenters. The lowest BCUT2D eigenvalue weighted by atomic mass is 10.1. The van der Waals surface area contributed by atoms with Crippen LogP contribution in [-0.4, -0.2) is 66.8 Å². The van der Waals surface area contributed by atoms with Crippen LogP contribution in [0.3, 0.4) is 0 Å². The molecule has 2 aliphatic rings. The summed E-state index contributed by atoms with van der Waals surface area (Å²) in [5.41, 5.74) is 0. The van der Waals surface area contributed by atoms with Crippen molar-refractivity contribution in [3.8, 4) is 0 Å². The zero-order chi connectivity index (χ0) is 16.1. The molecule has 0 aromatic carbocycles. The van der Waals surface area contributed by atoms with Crippen molar-refractivity contribution in [3.05, 3.63) is 5.82 Å². The van der Waals surface area contributed by atoms with Gasteiger partial charge in [0.05, 0.1) is 12.7 Å². The predicted molar refractivity (Wildman–Crippen MR) is 92.2 cm³/mol. The molecular formula is C16H28N4O2S. The van der Waals surface area contributed by atoms with E-state index >= 15 is 0 Å². The van der Waals surface area contributed by atoms with Crippen LogP contribution < -0.4 is 4.90 Å². The van der Waals surface area contributed by atoms with Crippen molar-refractivity contribution < 1.29 is 9.47 Å². The summed E-state index contributed by atoms with van der Waals surface area (Å²) in [5.74, 6) is 0.780. The first-order valence-corrected chi connectivity index (χ1v) is 9.49. The Hall–Kier alpha value is -0.760. The highest BCUT2D eigenvalue weighted by Gasteiger charge is 2.26. The largest absolute Gasteiger partial charge is 0.375 e. The van der Waals surface area contributed by atoms with Gasteiger partial charge in [-0.15, -0.1) is 0 Å². The average Bonchev–Trinajstić information content (AvgIpc) is 3.24. The fraction of sp³-hybridized carbons (Fsp3) is 0.875. The van der Waals surface area contributed by atoms with Gasteiger partial charge < -0.3 is 19.3 Å². The zero-order valence-corrected chi connectivity index (χ0v) is 15.1. The Morgan fingerprint density at radius 3 is 2.87 bits per heavy atom. The van der Waals surface area contributed by atoms with Gasteiger partial charge in [-0.2, -0.15) is 4.37 Å². The van der Waals surface area contributed by atoms with E-state index in [1.807, 2.05) is 6.92 Å². The van der Waals surface area contributed by atoms with E-state index in [0.717, 1.165) is 43.6 Å². The van der Waals surface area contributed by atoms with Crippen molar-refractivity contribution >= 4 is 16.7 Å². The minimum absolute atomic E-state index is 0.0424. The zero-order valence-electron chi connectivity index (χ0n) is 14.2. The molecule has 2 saturated heterocycles. The topological polar surface area (TPSA) is 50.7 Å². The normalized spacial score (nSPS) is 24.3. The number of rotatable bonds is 7. The number of ether oxygens (including phenoxy) is 2.